The SMILES string of the molecule is NNc1ccc(C(N)=O)cn1. The average Bonchev–Trinajstić information content (AvgIpc) is 2.05. The van der Waals surface area contributed by atoms with Crippen molar-refractivity contribution in [2.45, 2.75) is 0 Å². The second kappa shape index (κ2) is 2.98. The smallest absolute Gasteiger partial charge is 0.250 e. The Hall–Kier alpha value is -1.62. The van der Waals surface area contributed by atoms with E-state index in [4.69, 9.17) is 11.6 Å². The normalized spacial score (nSPS) is 9.18. The molecule has 1 heterocycles. The predicted molar refractivity (Wildman–Crippen MR) is 40.6 cm³/mol. The van der Waals surface area contributed by atoms with E-state index in [0.717, 1.165) is 0 Å². The number of hydrogen-bond donors (Lipinski definition) is 3. The second-order valence-electron chi connectivity index (χ2n) is 1.94. The molecule has 0 aliphatic carbocycles. The Balaban J connectivity index is 2.91. The zero-order valence-electron chi connectivity index (χ0n) is 5.74. The van der Waals surface area contributed by atoms with Crippen LogP contribution < -0.4 is 17.0 Å². The van der Waals surface area contributed by atoms with Gasteiger partial charge in [0.15, 0.2) is 0 Å². The number of pyridine rings is 1. The maximum Gasteiger partial charge on any atom is 0.250 e. The first kappa shape index (κ1) is 7.49. The fraction of sp³-hybridized carbons (Fsp3) is 0. The largest absolute Gasteiger partial charge is 0.366 e. The van der Waals surface area contributed by atoms with E-state index in [1.54, 1.807) is 12.1 Å². The summed E-state index contributed by atoms with van der Waals surface area (Å²) in [5.41, 5.74) is 7.67. The molecule has 1 aromatic heterocycles. The molecule has 0 saturated carbocycles. The quantitative estimate of drug-likeness (QED) is 0.392. The highest BCUT2D eigenvalue weighted by molar-refractivity contribution is 5.92. The van der Waals surface area contributed by atoms with E-state index in [1.165, 1.54) is 6.20 Å². The molecule has 1 amide bonds. The summed E-state index contributed by atoms with van der Waals surface area (Å²) in [6.07, 6.45) is 1.36. The third-order valence-electron chi connectivity index (χ3n) is 1.20. The zero-order chi connectivity index (χ0) is 8.27. The van der Waals surface area contributed by atoms with Crippen LogP contribution in [-0.4, -0.2) is 10.9 Å². The fourth-order valence-corrected chi connectivity index (χ4v) is 0.625. The third-order valence-corrected chi connectivity index (χ3v) is 1.20. The fourth-order valence-electron chi connectivity index (χ4n) is 0.625. The van der Waals surface area contributed by atoms with E-state index in [-0.39, 0.29) is 0 Å². The van der Waals surface area contributed by atoms with Gasteiger partial charge in [-0.2, -0.15) is 0 Å². The Morgan fingerprint density at radius 2 is 2.27 bits per heavy atom. The molecule has 1 rings (SSSR count). The highest BCUT2D eigenvalue weighted by atomic mass is 16.1. The molecule has 0 radical (unpaired) electrons. The van der Waals surface area contributed by atoms with E-state index in [2.05, 4.69) is 10.4 Å². The molecule has 0 aliphatic heterocycles. The lowest BCUT2D eigenvalue weighted by molar-refractivity contribution is 0.1000. The van der Waals surface area contributed by atoms with Gasteiger partial charge in [0.25, 0.3) is 0 Å². The van der Waals surface area contributed by atoms with Gasteiger partial charge in [-0.3, -0.25) is 4.79 Å². The van der Waals surface area contributed by atoms with E-state index in [0.29, 0.717) is 11.4 Å². The van der Waals surface area contributed by atoms with Gasteiger partial charge in [0.05, 0.1) is 5.56 Å². The number of primary amides is 1. The van der Waals surface area contributed by atoms with Gasteiger partial charge < -0.3 is 11.2 Å². The van der Waals surface area contributed by atoms with Crippen molar-refractivity contribution in [2.24, 2.45) is 11.6 Å². The third kappa shape index (κ3) is 1.65. The minimum absolute atomic E-state index is 0.365. The number of nitrogens with two attached hydrogens (primary N) is 2. The molecule has 5 nitrogen and oxygen atoms in total. The van der Waals surface area contributed by atoms with Crippen molar-refractivity contribution in [1.82, 2.24) is 4.98 Å². The molecule has 0 atom stereocenters. The Bertz CT molecular complexity index is 256. The van der Waals surface area contributed by atoms with Gasteiger partial charge >= 0.3 is 0 Å². The monoisotopic (exact) mass is 152 g/mol. The van der Waals surface area contributed by atoms with E-state index < -0.39 is 5.91 Å². The van der Waals surface area contributed by atoms with Crippen LogP contribution in [0.25, 0.3) is 0 Å². The predicted octanol–water partition coefficient (Wildman–Crippen LogP) is -0.534. The Morgan fingerprint density at radius 3 is 2.64 bits per heavy atom. The molecule has 0 bridgehead atoms. The van der Waals surface area contributed by atoms with Crippen molar-refractivity contribution in [3.63, 3.8) is 0 Å². The summed E-state index contributed by atoms with van der Waals surface area (Å²) < 4.78 is 0. The molecule has 58 valence electrons. The Kier molecular flexibility index (Phi) is 2.03. The summed E-state index contributed by atoms with van der Waals surface area (Å²) in [7, 11) is 0. The van der Waals surface area contributed by atoms with Crippen LogP contribution in [0.4, 0.5) is 5.82 Å². The first-order valence-electron chi connectivity index (χ1n) is 2.96. The van der Waals surface area contributed by atoms with Crippen LogP contribution in [0.5, 0.6) is 0 Å². The van der Waals surface area contributed by atoms with Gasteiger partial charge in [0.2, 0.25) is 5.91 Å². The van der Waals surface area contributed by atoms with E-state index in [9.17, 15) is 4.79 Å². The van der Waals surface area contributed by atoms with Crippen LogP contribution in [0.2, 0.25) is 0 Å². The molecular weight excluding hydrogens is 144 g/mol. The first-order valence-corrected chi connectivity index (χ1v) is 2.96. The van der Waals surface area contributed by atoms with Crippen molar-refractivity contribution >= 4 is 11.7 Å². The van der Waals surface area contributed by atoms with Crippen LogP contribution in [0.1, 0.15) is 10.4 Å². The first-order chi connectivity index (χ1) is 5.24. The van der Waals surface area contributed by atoms with E-state index >= 15 is 0 Å². The molecule has 11 heavy (non-hydrogen) atoms. The van der Waals surface area contributed by atoms with Crippen LogP contribution in [-0.2, 0) is 0 Å². The molecule has 5 heteroatoms. The number of amides is 1. The van der Waals surface area contributed by atoms with Crippen molar-refractivity contribution in [3.8, 4) is 0 Å². The summed E-state index contributed by atoms with van der Waals surface area (Å²) in [6, 6.07) is 3.12. The second-order valence-corrected chi connectivity index (χ2v) is 1.94. The molecular formula is C6H8N4O. The maximum atomic E-state index is 10.5. The highest BCUT2D eigenvalue weighted by Gasteiger charge is 1.98. The van der Waals surface area contributed by atoms with Crippen molar-refractivity contribution in [3.05, 3.63) is 23.9 Å². The lowest BCUT2D eigenvalue weighted by Gasteiger charge is -1.97. The van der Waals surface area contributed by atoms with Crippen LogP contribution in [0.15, 0.2) is 18.3 Å². The molecule has 0 unspecified atom stereocenters. The van der Waals surface area contributed by atoms with Crippen LogP contribution >= 0.6 is 0 Å². The zero-order valence-corrected chi connectivity index (χ0v) is 5.74. The minimum Gasteiger partial charge on any atom is -0.366 e. The van der Waals surface area contributed by atoms with Crippen LogP contribution in [0.3, 0.4) is 0 Å². The molecule has 0 fully saturated rings. The molecule has 0 spiro atoms. The Labute approximate surface area is 63.4 Å². The number of rotatable bonds is 2. The molecule has 0 aliphatic rings. The number of nitrogens with one attached hydrogen (secondary N) is 1. The average molecular weight is 152 g/mol. The number of aromatic nitrogens is 1. The van der Waals surface area contributed by atoms with Gasteiger partial charge in [-0.15, -0.1) is 0 Å². The number of nitrogens with zero attached hydrogens (tertiary/aromatic N) is 1. The van der Waals surface area contributed by atoms with Crippen LogP contribution in [0, 0.1) is 0 Å². The number of carbonyl (C=O) groups excluding carboxylic acids is 1. The van der Waals surface area contributed by atoms with Crippen molar-refractivity contribution < 1.29 is 4.79 Å². The van der Waals surface area contributed by atoms with Crippen molar-refractivity contribution in [2.75, 3.05) is 5.43 Å². The topological polar surface area (TPSA) is 94.0 Å². The number of nitrogen functional groups attached to an aromatic ring is 1. The number of carbonyl (C=O) groups is 1. The molecule has 1 aromatic rings. The molecule has 5 N–H and O–H groups in total. The molecule has 0 aromatic carbocycles. The minimum atomic E-state index is -0.499. The van der Waals surface area contributed by atoms with Crippen molar-refractivity contribution in [1.29, 1.82) is 0 Å². The van der Waals surface area contributed by atoms with Gasteiger partial charge in [-0.05, 0) is 12.1 Å². The lowest BCUT2D eigenvalue weighted by Crippen LogP contribution is -2.13. The Morgan fingerprint density at radius 1 is 1.55 bits per heavy atom. The summed E-state index contributed by atoms with van der Waals surface area (Å²) in [6.45, 7) is 0. The molecule has 0 saturated heterocycles. The number of anilines is 1. The number of hydrogen-bond acceptors (Lipinski definition) is 4. The standard InChI is InChI=1S/C6H8N4O/c7-6(11)4-1-2-5(10-8)9-3-4/h1-3H,8H2,(H2,7,11)(H,9,10). The lowest BCUT2D eigenvalue weighted by atomic mass is 10.3. The van der Waals surface area contributed by atoms with Gasteiger partial charge in [-0.25, -0.2) is 10.8 Å². The highest BCUT2D eigenvalue weighted by Crippen LogP contribution is 2.01. The maximum absolute atomic E-state index is 10.5. The summed E-state index contributed by atoms with van der Waals surface area (Å²) in [4.78, 5) is 14.3. The summed E-state index contributed by atoms with van der Waals surface area (Å²) in [5, 5.41) is 0. The summed E-state index contributed by atoms with van der Waals surface area (Å²) in [5.74, 6) is 5.04. The van der Waals surface area contributed by atoms with E-state index in [1.807, 2.05) is 0 Å². The number of hydrazine groups is 1. The van der Waals surface area contributed by atoms with Gasteiger partial charge in [-0.1, -0.05) is 0 Å². The summed E-state index contributed by atoms with van der Waals surface area (Å²) >= 11 is 0. The van der Waals surface area contributed by atoms with Gasteiger partial charge in [0.1, 0.15) is 5.82 Å². The van der Waals surface area contributed by atoms with Gasteiger partial charge in [0, 0.05) is 6.20 Å².